The Morgan fingerprint density at radius 2 is 1.67 bits per heavy atom. The lowest BCUT2D eigenvalue weighted by Gasteiger charge is -2.11. The van der Waals surface area contributed by atoms with Crippen LogP contribution in [0.3, 0.4) is 0 Å². The molecule has 0 fully saturated rings. The summed E-state index contributed by atoms with van der Waals surface area (Å²) in [6, 6.07) is 11.6. The predicted molar refractivity (Wildman–Crippen MR) is 101 cm³/mol. The molecule has 4 N–H and O–H groups in total. The lowest BCUT2D eigenvalue weighted by molar-refractivity contribution is 0.601. The van der Waals surface area contributed by atoms with Gasteiger partial charge >= 0.3 is 5.69 Å². The van der Waals surface area contributed by atoms with Gasteiger partial charge in [0.15, 0.2) is 0 Å². The van der Waals surface area contributed by atoms with Gasteiger partial charge < -0.3 is 9.97 Å². The second-order valence-corrected chi connectivity index (χ2v) is 7.50. The number of hydrogen-bond acceptors (Lipinski definition) is 5. The number of nitrogens with one attached hydrogen (secondary N) is 4. The van der Waals surface area contributed by atoms with E-state index < -0.39 is 21.3 Å². The molecule has 4 aromatic rings. The Labute approximate surface area is 150 Å². The Bertz CT molecular complexity index is 1480. The fourth-order valence-electron chi connectivity index (χ4n) is 2.78. The van der Waals surface area contributed by atoms with E-state index in [1.54, 1.807) is 18.2 Å². The summed E-state index contributed by atoms with van der Waals surface area (Å²) in [4.78, 5) is 41.7. The third kappa shape index (κ3) is 3.02. The van der Waals surface area contributed by atoms with Crippen LogP contribution in [0, 0.1) is 0 Å². The van der Waals surface area contributed by atoms with Gasteiger partial charge in [-0.1, -0.05) is 12.1 Å². The van der Waals surface area contributed by atoms with Gasteiger partial charge in [0.2, 0.25) is 5.56 Å². The van der Waals surface area contributed by atoms with Crippen LogP contribution in [0.2, 0.25) is 0 Å². The number of benzene rings is 2. The standard InChI is InChI=1S/C17H12N4O5S/c22-14-7-4-9-2-1-3-13(15(9)19-14)21-27(25,26)10-5-6-12-11(8-10)16(23)20-17(24)18-12/h1-8,21H,(H,19,22)(H2,18,20,23,24). The van der Waals surface area contributed by atoms with Gasteiger partial charge in [0.25, 0.3) is 15.6 Å². The summed E-state index contributed by atoms with van der Waals surface area (Å²) >= 11 is 0. The second-order valence-electron chi connectivity index (χ2n) is 5.81. The number of fused-ring (bicyclic) bond motifs is 2. The van der Waals surface area contributed by atoms with Crippen molar-refractivity contribution in [3.05, 3.63) is 79.7 Å². The summed E-state index contributed by atoms with van der Waals surface area (Å²) < 4.78 is 27.9. The van der Waals surface area contributed by atoms with Crippen LogP contribution >= 0.6 is 0 Å². The van der Waals surface area contributed by atoms with Gasteiger partial charge in [0.1, 0.15) is 0 Å². The molecule has 0 aliphatic heterocycles. The number of rotatable bonds is 3. The van der Waals surface area contributed by atoms with Crippen molar-refractivity contribution in [2.75, 3.05) is 4.72 Å². The fourth-order valence-corrected chi connectivity index (χ4v) is 3.88. The largest absolute Gasteiger partial charge is 0.326 e. The monoisotopic (exact) mass is 384 g/mol. The molecule has 0 aliphatic carbocycles. The van der Waals surface area contributed by atoms with Crippen molar-refractivity contribution in [1.82, 2.24) is 15.0 Å². The molecule has 2 aromatic carbocycles. The van der Waals surface area contributed by atoms with Gasteiger partial charge in [-0.3, -0.25) is 19.3 Å². The Morgan fingerprint density at radius 3 is 2.48 bits per heavy atom. The third-order valence-electron chi connectivity index (χ3n) is 4.02. The molecule has 0 aliphatic rings. The van der Waals surface area contributed by atoms with Crippen molar-refractivity contribution in [1.29, 1.82) is 0 Å². The zero-order valence-corrected chi connectivity index (χ0v) is 14.4. The smallest absolute Gasteiger partial charge is 0.320 e. The molecule has 4 rings (SSSR count). The molecule has 2 heterocycles. The molecule has 2 aromatic heterocycles. The lowest BCUT2D eigenvalue weighted by atomic mass is 10.2. The summed E-state index contributed by atoms with van der Waals surface area (Å²) in [5, 5.41) is 0.686. The molecular formula is C17H12N4O5S. The average molecular weight is 384 g/mol. The highest BCUT2D eigenvalue weighted by atomic mass is 32.2. The number of para-hydroxylation sites is 1. The molecule has 0 bridgehead atoms. The Morgan fingerprint density at radius 1 is 0.852 bits per heavy atom. The zero-order chi connectivity index (χ0) is 19.2. The van der Waals surface area contributed by atoms with Crippen LogP contribution in [0.5, 0.6) is 0 Å². The van der Waals surface area contributed by atoms with Crippen molar-refractivity contribution in [2.24, 2.45) is 0 Å². The number of pyridine rings is 1. The van der Waals surface area contributed by atoms with Crippen molar-refractivity contribution >= 4 is 37.5 Å². The van der Waals surface area contributed by atoms with E-state index in [0.29, 0.717) is 10.9 Å². The predicted octanol–water partition coefficient (Wildman–Crippen LogP) is 0.859. The molecule has 0 saturated heterocycles. The lowest BCUT2D eigenvalue weighted by Crippen LogP contribution is -2.22. The van der Waals surface area contributed by atoms with Crippen LogP contribution in [0.25, 0.3) is 21.8 Å². The highest BCUT2D eigenvalue weighted by molar-refractivity contribution is 7.92. The summed E-state index contributed by atoms with van der Waals surface area (Å²) in [7, 11) is -4.05. The molecule has 0 atom stereocenters. The van der Waals surface area contributed by atoms with E-state index in [1.807, 2.05) is 0 Å². The van der Waals surface area contributed by atoms with E-state index >= 15 is 0 Å². The Hall–Kier alpha value is -3.66. The van der Waals surface area contributed by atoms with Gasteiger partial charge in [-0.15, -0.1) is 0 Å². The minimum atomic E-state index is -4.05. The zero-order valence-electron chi connectivity index (χ0n) is 13.6. The Kier molecular flexibility index (Phi) is 3.70. The molecule has 9 nitrogen and oxygen atoms in total. The van der Waals surface area contributed by atoms with E-state index in [9.17, 15) is 22.8 Å². The maximum Gasteiger partial charge on any atom is 0.326 e. The maximum absolute atomic E-state index is 12.8. The number of H-pyrrole nitrogens is 3. The Balaban J connectivity index is 1.84. The molecule has 27 heavy (non-hydrogen) atoms. The van der Waals surface area contributed by atoms with Crippen LogP contribution in [0.1, 0.15) is 0 Å². The number of anilines is 1. The van der Waals surface area contributed by atoms with Gasteiger partial charge in [-0.2, -0.15) is 0 Å². The summed E-state index contributed by atoms with van der Waals surface area (Å²) in [6.45, 7) is 0. The first kappa shape index (κ1) is 16.8. The fraction of sp³-hybridized carbons (Fsp3) is 0. The van der Waals surface area contributed by atoms with Crippen molar-refractivity contribution < 1.29 is 8.42 Å². The SMILES string of the molecule is O=c1ccc2cccc(NS(=O)(=O)c3ccc4[nH]c(=O)[nH]c(=O)c4c3)c2[nH]1. The first-order chi connectivity index (χ1) is 12.8. The first-order valence-electron chi connectivity index (χ1n) is 7.75. The second kappa shape index (κ2) is 5.95. The van der Waals surface area contributed by atoms with E-state index in [4.69, 9.17) is 0 Å². The normalized spacial score (nSPS) is 11.7. The van der Waals surface area contributed by atoms with Crippen LogP contribution in [-0.2, 0) is 10.0 Å². The topological polar surface area (TPSA) is 145 Å². The quantitative estimate of drug-likeness (QED) is 0.414. The van der Waals surface area contributed by atoms with E-state index in [2.05, 4.69) is 19.7 Å². The van der Waals surface area contributed by atoms with E-state index in [1.165, 1.54) is 30.3 Å². The van der Waals surface area contributed by atoms with E-state index in [-0.39, 0.29) is 27.0 Å². The highest BCUT2D eigenvalue weighted by Crippen LogP contribution is 2.23. The third-order valence-corrected chi connectivity index (χ3v) is 5.39. The van der Waals surface area contributed by atoms with Gasteiger partial charge in [0.05, 0.1) is 27.0 Å². The van der Waals surface area contributed by atoms with E-state index in [0.717, 1.165) is 0 Å². The summed E-state index contributed by atoms with van der Waals surface area (Å²) in [6.07, 6.45) is 0. The van der Waals surface area contributed by atoms with Gasteiger partial charge in [-0.25, -0.2) is 13.2 Å². The molecule has 0 radical (unpaired) electrons. The number of aromatic amines is 3. The molecule has 0 spiro atoms. The van der Waals surface area contributed by atoms with Gasteiger partial charge in [0, 0.05) is 11.5 Å². The van der Waals surface area contributed by atoms with Crippen LogP contribution in [-0.4, -0.2) is 23.4 Å². The average Bonchev–Trinajstić information content (AvgIpc) is 2.61. The minimum absolute atomic E-state index is 0.0313. The van der Waals surface area contributed by atoms with Crippen molar-refractivity contribution in [3.63, 3.8) is 0 Å². The summed E-state index contributed by atoms with van der Waals surface area (Å²) in [5.41, 5.74) is -0.981. The number of sulfonamides is 1. The van der Waals surface area contributed by atoms with Crippen LogP contribution in [0.15, 0.2) is 67.8 Å². The maximum atomic E-state index is 12.8. The van der Waals surface area contributed by atoms with Gasteiger partial charge in [-0.05, 0) is 30.3 Å². The molecular weight excluding hydrogens is 372 g/mol. The summed E-state index contributed by atoms with van der Waals surface area (Å²) in [5.74, 6) is 0. The molecule has 0 amide bonds. The highest BCUT2D eigenvalue weighted by Gasteiger charge is 2.17. The minimum Gasteiger partial charge on any atom is -0.320 e. The molecule has 0 unspecified atom stereocenters. The van der Waals surface area contributed by atoms with Crippen molar-refractivity contribution in [3.8, 4) is 0 Å². The van der Waals surface area contributed by atoms with Crippen LogP contribution < -0.4 is 21.5 Å². The number of aromatic nitrogens is 3. The van der Waals surface area contributed by atoms with Crippen LogP contribution in [0.4, 0.5) is 5.69 Å². The first-order valence-corrected chi connectivity index (χ1v) is 9.23. The molecule has 136 valence electrons. The molecule has 0 saturated carbocycles. The number of hydrogen-bond donors (Lipinski definition) is 4. The van der Waals surface area contributed by atoms with Crippen molar-refractivity contribution in [2.45, 2.75) is 4.90 Å². The molecule has 10 heteroatoms.